The van der Waals surface area contributed by atoms with Gasteiger partial charge in [-0.05, 0) is 66.9 Å². The summed E-state index contributed by atoms with van der Waals surface area (Å²) in [6.45, 7) is 8.84. The van der Waals surface area contributed by atoms with Gasteiger partial charge in [0.1, 0.15) is 37.9 Å². The Labute approximate surface area is 325 Å². The lowest BCUT2D eigenvalue weighted by Gasteiger charge is -2.59. The number of amides is 1. The summed E-state index contributed by atoms with van der Waals surface area (Å²) in [7, 11) is 3.26. The molecule has 0 bridgehead atoms. The van der Waals surface area contributed by atoms with Gasteiger partial charge in [0.05, 0.1) is 31.5 Å². The zero-order valence-electron chi connectivity index (χ0n) is 32.5. The Morgan fingerprint density at radius 3 is 2.56 bits per heavy atom. The first-order chi connectivity index (χ1) is 26.9. The number of unbranched alkanes of at least 4 members (excludes halogenated alkanes) is 2. The monoisotopic (exact) mass is 761 g/mol. The Morgan fingerprint density at radius 2 is 1.84 bits per heavy atom. The van der Waals surface area contributed by atoms with Crippen molar-refractivity contribution < 1.29 is 43.5 Å². The number of likely N-dealkylation sites (N-methyl/N-ethyl adjacent to an activating group) is 1. The van der Waals surface area contributed by atoms with Crippen molar-refractivity contribution in [1.82, 2.24) is 9.80 Å². The average molecular weight is 762 g/mol. The number of oxime groups is 1. The molecule has 1 amide bonds. The standard InChI is InChI=1S/C43H59N3O9/c1-4-23-54-43-39(45(2)42(49)53-26-25-51-30-31-12-6-5-7-13-31)29-37(44-50-3)35-27-32(14-8-10-21-47)34(15-9-11-22-48)40(41(35)43)36-28-33(16-17-38(36)55-43)52-24-20-46-18-19-46/h4-7,12-13,16-17,27-28,32,34,39-41,47-48H,1,8-11,14-15,18-26,29-30H2,2-3H3/t32-,34+,39-,40+,41+,43+/m0/s1. The smallest absolute Gasteiger partial charge is 0.410 e. The lowest BCUT2D eigenvalue weighted by atomic mass is 9.55. The van der Waals surface area contributed by atoms with E-state index in [4.69, 9.17) is 28.5 Å². The van der Waals surface area contributed by atoms with Crippen LogP contribution in [-0.2, 0) is 25.7 Å². The van der Waals surface area contributed by atoms with Crippen LogP contribution in [0.5, 0.6) is 11.5 Å². The van der Waals surface area contributed by atoms with E-state index in [-0.39, 0.29) is 50.8 Å². The molecule has 1 saturated carbocycles. The van der Waals surface area contributed by atoms with Gasteiger partial charge in [-0.25, -0.2) is 4.79 Å². The van der Waals surface area contributed by atoms with Gasteiger partial charge < -0.3 is 43.6 Å². The van der Waals surface area contributed by atoms with Crippen molar-refractivity contribution in [3.8, 4) is 11.5 Å². The van der Waals surface area contributed by atoms with Crippen molar-refractivity contribution in [2.45, 2.75) is 69.3 Å². The third kappa shape index (κ3) is 9.72. The normalized spacial score (nSPS) is 25.9. The molecule has 2 aliphatic heterocycles. The highest BCUT2D eigenvalue weighted by atomic mass is 16.7. The van der Waals surface area contributed by atoms with E-state index in [1.165, 1.54) is 7.11 Å². The van der Waals surface area contributed by atoms with E-state index in [0.29, 0.717) is 38.2 Å². The number of ether oxygens (including phenoxy) is 5. The van der Waals surface area contributed by atoms with Gasteiger partial charge in [-0.1, -0.05) is 60.5 Å². The molecule has 2 aromatic carbocycles. The highest BCUT2D eigenvalue weighted by Crippen LogP contribution is 2.61. The van der Waals surface area contributed by atoms with Gasteiger partial charge in [-0.15, -0.1) is 6.58 Å². The van der Waals surface area contributed by atoms with Crippen molar-refractivity contribution in [2.75, 3.05) is 73.4 Å². The second-order valence-corrected chi connectivity index (χ2v) is 14.9. The summed E-state index contributed by atoms with van der Waals surface area (Å²) in [5.74, 6) is -0.120. The molecule has 2 fully saturated rings. The predicted molar refractivity (Wildman–Crippen MR) is 209 cm³/mol. The van der Waals surface area contributed by atoms with Crippen LogP contribution < -0.4 is 9.47 Å². The Hall–Kier alpha value is -3.94. The quantitative estimate of drug-likeness (QED) is 0.0645. The van der Waals surface area contributed by atoms with Gasteiger partial charge in [-0.2, -0.15) is 0 Å². The number of nitrogens with zero attached hydrogens (tertiary/aromatic N) is 3. The summed E-state index contributed by atoms with van der Waals surface area (Å²) in [4.78, 5) is 23.3. The number of fused-ring (bicyclic) bond motifs is 2. The molecule has 0 radical (unpaired) electrons. The van der Waals surface area contributed by atoms with E-state index in [1.54, 1.807) is 18.0 Å². The fourth-order valence-corrected chi connectivity index (χ4v) is 8.70. The molecule has 2 aromatic rings. The minimum atomic E-state index is -1.34. The predicted octanol–water partition coefficient (Wildman–Crippen LogP) is 5.93. The molecule has 6 rings (SSSR count). The zero-order valence-corrected chi connectivity index (χ0v) is 32.5. The van der Waals surface area contributed by atoms with E-state index < -0.39 is 23.8 Å². The number of benzene rings is 2. The summed E-state index contributed by atoms with van der Waals surface area (Å²) < 4.78 is 32.0. The van der Waals surface area contributed by atoms with E-state index in [0.717, 1.165) is 73.5 Å². The van der Waals surface area contributed by atoms with E-state index in [2.05, 4.69) is 28.8 Å². The van der Waals surface area contributed by atoms with Crippen LogP contribution in [0.3, 0.4) is 0 Å². The number of allylic oxidation sites excluding steroid dienone is 1. The molecule has 1 saturated heterocycles. The molecular weight excluding hydrogens is 702 g/mol. The Kier molecular flexibility index (Phi) is 14.6. The van der Waals surface area contributed by atoms with Crippen LogP contribution in [0.15, 0.2) is 78.0 Å². The number of carbonyl (C=O) groups is 1. The number of aliphatic hydroxyl groups excluding tert-OH is 2. The molecule has 0 unspecified atom stereocenters. The molecule has 2 aliphatic carbocycles. The molecule has 4 aliphatic rings. The maximum Gasteiger partial charge on any atom is 0.410 e. The first-order valence-corrected chi connectivity index (χ1v) is 19.9. The van der Waals surface area contributed by atoms with Crippen LogP contribution in [0, 0.1) is 17.8 Å². The third-order valence-corrected chi connectivity index (χ3v) is 11.4. The molecule has 55 heavy (non-hydrogen) atoms. The fraction of sp³-hybridized carbons (Fsp3) is 0.581. The molecule has 0 aromatic heterocycles. The van der Waals surface area contributed by atoms with Crippen molar-refractivity contribution in [3.05, 3.63) is 84.0 Å². The van der Waals surface area contributed by atoms with Crippen molar-refractivity contribution in [1.29, 1.82) is 0 Å². The van der Waals surface area contributed by atoms with Gasteiger partial charge in [0.25, 0.3) is 0 Å². The van der Waals surface area contributed by atoms with Gasteiger partial charge in [0.2, 0.25) is 5.79 Å². The van der Waals surface area contributed by atoms with Gasteiger partial charge >= 0.3 is 6.09 Å². The molecule has 300 valence electrons. The second kappa shape index (κ2) is 19.8. The van der Waals surface area contributed by atoms with Crippen LogP contribution in [0.25, 0.3) is 0 Å². The second-order valence-electron chi connectivity index (χ2n) is 14.9. The molecular formula is C43H59N3O9. The molecule has 2 heterocycles. The molecule has 6 atom stereocenters. The first-order valence-electron chi connectivity index (χ1n) is 19.9. The Morgan fingerprint density at radius 1 is 1.05 bits per heavy atom. The molecule has 2 N–H and O–H groups in total. The van der Waals surface area contributed by atoms with Crippen molar-refractivity contribution in [3.63, 3.8) is 0 Å². The zero-order chi connectivity index (χ0) is 38.6. The third-order valence-electron chi connectivity index (χ3n) is 11.4. The summed E-state index contributed by atoms with van der Waals surface area (Å²) >= 11 is 0. The maximum atomic E-state index is 13.9. The minimum absolute atomic E-state index is 0.0755. The van der Waals surface area contributed by atoms with Crippen molar-refractivity contribution in [2.24, 2.45) is 22.9 Å². The molecule has 12 nitrogen and oxygen atoms in total. The highest BCUT2D eigenvalue weighted by Gasteiger charge is 2.65. The SMILES string of the molecule is C=CCO[C@@]12Oc3ccc(OCCN4CC4)cc3[C@H]3[C@H](CCCCO)[C@@H](CCCCO)C=C(C(=NOC)C[C@@H]1N(C)C(=O)OCCOCc1ccccc1)[C@H]32. The van der Waals surface area contributed by atoms with Crippen LogP contribution in [0.2, 0.25) is 0 Å². The number of aliphatic hydroxyl groups is 2. The lowest BCUT2D eigenvalue weighted by molar-refractivity contribution is -0.253. The van der Waals surface area contributed by atoms with Crippen LogP contribution in [0.1, 0.15) is 62.0 Å². The number of hydrogen-bond donors (Lipinski definition) is 2. The van der Waals surface area contributed by atoms with E-state index >= 15 is 0 Å². The van der Waals surface area contributed by atoms with E-state index in [9.17, 15) is 15.0 Å². The minimum Gasteiger partial charge on any atom is -0.492 e. The van der Waals surface area contributed by atoms with Crippen LogP contribution >= 0.6 is 0 Å². The summed E-state index contributed by atoms with van der Waals surface area (Å²) in [5, 5.41) is 24.2. The van der Waals surface area contributed by atoms with Crippen LogP contribution in [0.4, 0.5) is 4.79 Å². The first kappa shape index (κ1) is 40.7. The van der Waals surface area contributed by atoms with Crippen molar-refractivity contribution >= 4 is 11.8 Å². The average Bonchev–Trinajstić information content (AvgIpc) is 4.03. The molecule has 12 heteroatoms. The lowest BCUT2D eigenvalue weighted by Crippen LogP contribution is -2.69. The summed E-state index contributed by atoms with van der Waals surface area (Å²) in [6.07, 6.45) is 8.63. The Bertz CT molecular complexity index is 1620. The summed E-state index contributed by atoms with van der Waals surface area (Å²) in [5.41, 5.74) is 3.77. The number of hydrogen-bond acceptors (Lipinski definition) is 11. The number of carbonyl (C=O) groups excluding carboxylic acids is 1. The largest absolute Gasteiger partial charge is 0.492 e. The molecule has 0 spiro atoms. The highest BCUT2D eigenvalue weighted by molar-refractivity contribution is 6.02. The van der Waals surface area contributed by atoms with Gasteiger partial charge in [0.15, 0.2) is 0 Å². The van der Waals surface area contributed by atoms with Crippen LogP contribution in [-0.4, -0.2) is 117 Å². The maximum absolute atomic E-state index is 13.9. The number of rotatable bonds is 22. The topological polar surface area (TPSA) is 132 Å². The summed E-state index contributed by atoms with van der Waals surface area (Å²) in [6, 6.07) is 15.2. The van der Waals surface area contributed by atoms with Gasteiger partial charge in [-0.3, -0.25) is 4.90 Å². The Balaban J connectivity index is 1.38. The fourth-order valence-electron chi connectivity index (χ4n) is 8.70. The van der Waals surface area contributed by atoms with Gasteiger partial charge in [0, 0.05) is 57.8 Å². The van der Waals surface area contributed by atoms with E-state index in [1.807, 2.05) is 42.5 Å².